The molecule has 1 nitrogen and oxygen atoms in total. The molecule has 2 heteroatoms. The van der Waals surface area contributed by atoms with Crippen molar-refractivity contribution in [3.05, 3.63) is 24.8 Å². The second-order valence-electron chi connectivity index (χ2n) is 4.32. The normalized spacial score (nSPS) is 31.8. The van der Waals surface area contributed by atoms with Crippen LogP contribution in [0.3, 0.4) is 0 Å². The van der Waals surface area contributed by atoms with Crippen LogP contribution < -0.4 is 0 Å². The second-order valence-corrected chi connectivity index (χ2v) is 4.32. The fourth-order valence-corrected chi connectivity index (χ4v) is 1.72. The highest BCUT2D eigenvalue weighted by Gasteiger charge is 2.42. The highest BCUT2D eigenvalue weighted by Crippen LogP contribution is 2.38. The van der Waals surface area contributed by atoms with E-state index in [9.17, 15) is 9.18 Å². The van der Waals surface area contributed by atoms with E-state index in [4.69, 9.17) is 0 Å². The minimum absolute atomic E-state index is 0.111. The Morgan fingerprint density at radius 1 is 1.69 bits per heavy atom. The minimum Gasteiger partial charge on any atom is -0.291 e. The molecule has 1 aliphatic rings. The summed E-state index contributed by atoms with van der Waals surface area (Å²) in [6, 6.07) is 0. The Morgan fingerprint density at radius 3 is 2.85 bits per heavy atom. The van der Waals surface area contributed by atoms with Crippen LogP contribution in [0.2, 0.25) is 0 Å². The van der Waals surface area contributed by atoms with E-state index in [0.717, 1.165) is 0 Å². The summed E-state index contributed by atoms with van der Waals surface area (Å²) < 4.78 is 14.0. The summed E-state index contributed by atoms with van der Waals surface area (Å²) in [6.45, 7) is 7.31. The van der Waals surface area contributed by atoms with Crippen LogP contribution in [0.15, 0.2) is 24.8 Å². The fourth-order valence-electron chi connectivity index (χ4n) is 1.72. The molecular formula is C11H15FO. The SMILES string of the molecule is C=CCC1(F)CC(C)(C)C=CC1=O. The molecule has 0 bridgehead atoms. The zero-order valence-corrected chi connectivity index (χ0v) is 8.14. The van der Waals surface area contributed by atoms with E-state index in [1.807, 2.05) is 13.8 Å². The van der Waals surface area contributed by atoms with Gasteiger partial charge in [-0.25, -0.2) is 4.39 Å². The lowest BCUT2D eigenvalue weighted by atomic mass is 9.73. The fraction of sp³-hybridized carbons (Fsp3) is 0.545. The van der Waals surface area contributed by atoms with Gasteiger partial charge in [0, 0.05) is 6.42 Å². The molecule has 0 aliphatic heterocycles. The molecule has 0 heterocycles. The molecule has 0 aromatic rings. The molecule has 0 saturated carbocycles. The van der Waals surface area contributed by atoms with Gasteiger partial charge in [-0.1, -0.05) is 26.0 Å². The van der Waals surface area contributed by atoms with Crippen LogP contribution >= 0.6 is 0 Å². The highest BCUT2D eigenvalue weighted by molar-refractivity contribution is 5.98. The molecule has 1 rings (SSSR count). The minimum atomic E-state index is -1.72. The summed E-state index contributed by atoms with van der Waals surface area (Å²) in [7, 11) is 0. The Bertz CT molecular complexity index is 265. The zero-order valence-electron chi connectivity index (χ0n) is 8.14. The Kier molecular flexibility index (Phi) is 2.42. The molecule has 0 aromatic heterocycles. The van der Waals surface area contributed by atoms with Crippen molar-refractivity contribution in [2.75, 3.05) is 0 Å². The molecule has 0 spiro atoms. The predicted octanol–water partition coefficient (Wildman–Crippen LogP) is 2.83. The van der Waals surface area contributed by atoms with Gasteiger partial charge >= 0.3 is 0 Å². The van der Waals surface area contributed by atoms with E-state index in [-0.39, 0.29) is 18.3 Å². The van der Waals surface area contributed by atoms with Crippen LogP contribution in [0.4, 0.5) is 4.39 Å². The summed E-state index contributed by atoms with van der Waals surface area (Å²) >= 11 is 0. The number of allylic oxidation sites excluding steroid dienone is 3. The Morgan fingerprint density at radius 2 is 2.31 bits per heavy atom. The van der Waals surface area contributed by atoms with Gasteiger partial charge in [0.1, 0.15) is 0 Å². The molecule has 0 N–H and O–H groups in total. The number of hydrogen-bond donors (Lipinski definition) is 0. The van der Waals surface area contributed by atoms with Crippen LogP contribution in [-0.2, 0) is 4.79 Å². The Labute approximate surface area is 78.3 Å². The van der Waals surface area contributed by atoms with Crippen molar-refractivity contribution >= 4 is 5.78 Å². The number of halogens is 1. The maximum absolute atomic E-state index is 14.0. The Hall–Kier alpha value is -0.920. The van der Waals surface area contributed by atoms with E-state index in [2.05, 4.69) is 6.58 Å². The monoisotopic (exact) mass is 182 g/mol. The number of carbonyl (C=O) groups is 1. The van der Waals surface area contributed by atoms with Gasteiger partial charge in [-0.15, -0.1) is 6.58 Å². The van der Waals surface area contributed by atoms with Crippen LogP contribution in [0.5, 0.6) is 0 Å². The quantitative estimate of drug-likeness (QED) is 0.600. The van der Waals surface area contributed by atoms with Gasteiger partial charge in [-0.2, -0.15) is 0 Å². The number of rotatable bonds is 2. The van der Waals surface area contributed by atoms with E-state index in [1.165, 1.54) is 12.2 Å². The average molecular weight is 182 g/mol. The van der Waals surface area contributed by atoms with Crippen molar-refractivity contribution in [2.24, 2.45) is 5.41 Å². The van der Waals surface area contributed by atoms with Gasteiger partial charge < -0.3 is 0 Å². The van der Waals surface area contributed by atoms with Crippen LogP contribution in [0, 0.1) is 5.41 Å². The standard InChI is InChI=1S/C11H15FO/c1-4-6-11(12)8-10(2,3)7-5-9(11)13/h4-5,7H,1,6,8H2,2-3H3. The lowest BCUT2D eigenvalue weighted by Crippen LogP contribution is -2.39. The smallest absolute Gasteiger partial charge is 0.192 e. The summed E-state index contributed by atoms with van der Waals surface area (Å²) in [4.78, 5) is 11.3. The predicted molar refractivity (Wildman–Crippen MR) is 51.2 cm³/mol. The molecule has 72 valence electrons. The van der Waals surface area contributed by atoms with Crippen LogP contribution in [-0.4, -0.2) is 11.5 Å². The van der Waals surface area contributed by atoms with Crippen molar-refractivity contribution in [1.29, 1.82) is 0 Å². The van der Waals surface area contributed by atoms with E-state index < -0.39 is 11.5 Å². The molecule has 0 saturated heterocycles. The first-order valence-corrected chi connectivity index (χ1v) is 4.43. The molecule has 0 radical (unpaired) electrons. The van der Waals surface area contributed by atoms with E-state index in [1.54, 1.807) is 6.08 Å². The number of carbonyl (C=O) groups excluding carboxylic acids is 1. The van der Waals surface area contributed by atoms with Gasteiger partial charge in [0.05, 0.1) is 0 Å². The Balaban J connectivity index is 2.94. The third-order valence-corrected chi connectivity index (χ3v) is 2.33. The molecule has 13 heavy (non-hydrogen) atoms. The molecule has 0 fully saturated rings. The van der Waals surface area contributed by atoms with Crippen molar-refractivity contribution in [1.82, 2.24) is 0 Å². The first-order chi connectivity index (χ1) is 5.90. The van der Waals surface area contributed by atoms with Gasteiger partial charge in [-0.05, 0) is 17.9 Å². The lowest BCUT2D eigenvalue weighted by molar-refractivity contribution is -0.128. The van der Waals surface area contributed by atoms with Crippen molar-refractivity contribution in [3.8, 4) is 0 Å². The average Bonchev–Trinajstić information content (AvgIpc) is 1.97. The summed E-state index contributed by atoms with van der Waals surface area (Å²) in [5.74, 6) is -0.424. The van der Waals surface area contributed by atoms with Crippen molar-refractivity contribution in [2.45, 2.75) is 32.4 Å². The van der Waals surface area contributed by atoms with Gasteiger partial charge in [0.15, 0.2) is 11.5 Å². The zero-order chi connectivity index (χ0) is 10.1. The lowest BCUT2D eigenvalue weighted by Gasteiger charge is -2.33. The number of ketones is 1. The molecule has 1 unspecified atom stereocenters. The maximum atomic E-state index is 14.0. The second kappa shape index (κ2) is 3.09. The molecule has 0 aromatic carbocycles. The van der Waals surface area contributed by atoms with Gasteiger partial charge in [0.25, 0.3) is 0 Å². The first kappa shape index (κ1) is 10.2. The molecule has 1 atom stereocenters. The summed E-state index contributed by atoms with van der Waals surface area (Å²) in [5, 5.41) is 0. The molecule has 0 amide bonds. The van der Waals surface area contributed by atoms with Crippen LogP contribution in [0.25, 0.3) is 0 Å². The van der Waals surface area contributed by atoms with Crippen LogP contribution in [0.1, 0.15) is 26.7 Å². The van der Waals surface area contributed by atoms with Gasteiger partial charge in [-0.3, -0.25) is 4.79 Å². The third-order valence-electron chi connectivity index (χ3n) is 2.33. The highest BCUT2D eigenvalue weighted by atomic mass is 19.1. The topological polar surface area (TPSA) is 17.1 Å². The molecular weight excluding hydrogens is 167 g/mol. The number of hydrogen-bond acceptors (Lipinski definition) is 1. The van der Waals surface area contributed by atoms with Gasteiger partial charge in [0.2, 0.25) is 0 Å². The first-order valence-electron chi connectivity index (χ1n) is 4.43. The van der Waals surface area contributed by atoms with Crippen molar-refractivity contribution < 1.29 is 9.18 Å². The summed E-state index contributed by atoms with van der Waals surface area (Å²) in [5.41, 5.74) is -1.95. The van der Waals surface area contributed by atoms with Crippen molar-refractivity contribution in [3.63, 3.8) is 0 Å². The number of alkyl halides is 1. The third kappa shape index (κ3) is 2.06. The van der Waals surface area contributed by atoms with E-state index >= 15 is 0 Å². The maximum Gasteiger partial charge on any atom is 0.192 e. The largest absolute Gasteiger partial charge is 0.291 e. The molecule has 1 aliphatic carbocycles. The van der Waals surface area contributed by atoms with E-state index in [0.29, 0.717) is 0 Å². The summed E-state index contributed by atoms with van der Waals surface area (Å²) in [6.07, 6.45) is 4.96.